The van der Waals surface area contributed by atoms with Gasteiger partial charge in [-0.15, -0.1) is 0 Å². The van der Waals surface area contributed by atoms with Crippen LogP contribution < -0.4 is 20.3 Å². The van der Waals surface area contributed by atoms with E-state index in [1.54, 1.807) is 36.3 Å². The molecule has 0 spiro atoms. The van der Waals surface area contributed by atoms with Crippen molar-refractivity contribution < 1.29 is 19.1 Å². The van der Waals surface area contributed by atoms with Crippen LogP contribution in [-0.4, -0.2) is 54.0 Å². The third-order valence-corrected chi connectivity index (χ3v) is 5.51. The van der Waals surface area contributed by atoms with Crippen LogP contribution in [0.2, 0.25) is 0 Å². The molecule has 0 aliphatic carbocycles. The SMILES string of the molecule is COc1ccc(NC(=O)C[C@H]2C(=O)N(c3ccc(C)cc3)C(=S)N2CCNC(C)=O)cc1. The normalized spacial score (nSPS) is 15.7. The molecule has 2 N–H and O–H groups in total. The third-order valence-electron chi connectivity index (χ3n) is 5.09. The second-order valence-corrected chi connectivity index (χ2v) is 7.83. The summed E-state index contributed by atoms with van der Waals surface area (Å²) in [5, 5.41) is 5.83. The van der Waals surface area contributed by atoms with Gasteiger partial charge in [-0.05, 0) is 55.5 Å². The molecule has 168 valence electrons. The zero-order valence-corrected chi connectivity index (χ0v) is 19.1. The van der Waals surface area contributed by atoms with Crippen molar-refractivity contribution in [1.29, 1.82) is 0 Å². The molecule has 1 fully saturated rings. The molecule has 8 nitrogen and oxygen atoms in total. The van der Waals surface area contributed by atoms with Gasteiger partial charge in [0.25, 0.3) is 5.91 Å². The van der Waals surface area contributed by atoms with E-state index in [9.17, 15) is 14.4 Å². The maximum absolute atomic E-state index is 13.3. The van der Waals surface area contributed by atoms with Gasteiger partial charge in [-0.25, -0.2) is 0 Å². The molecule has 3 rings (SSSR count). The molecule has 1 aliphatic heterocycles. The first kappa shape index (κ1) is 23.2. The average molecular weight is 455 g/mol. The molecule has 0 aromatic heterocycles. The van der Waals surface area contributed by atoms with Gasteiger partial charge in [-0.2, -0.15) is 0 Å². The lowest BCUT2D eigenvalue weighted by atomic mass is 10.1. The quantitative estimate of drug-likeness (QED) is 0.596. The van der Waals surface area contributed by atoms with Gasteiger partial charge in [0.1, 0.15) is 11.8 Å². The van der Waals surface area contributed by atoms with Crippen molar-refractivity contribution in [2.75, 3.05) is 30.4 Å². The molecule has 3 amide bonds. The number of nitrogens with zero attached hydrogens (tertiary/aromatic N) is 2. The molecule has 0 bridgehead atoms. The number of hydrogen-bond acceptors (Lipinski definition) is 5. The molecule has 1 saturated heterocycles. The van der Waals surface area contributed by atoms with Gasteiger partial charge in [0.05, 0.1) is 19.2 Å². The minimum Gasteiger partial charge on any atom is -0.497 e. The maximum Gasteiger partial charge on any atom is 0.256 e. The van der Waals surface area contributed by atoms with Crippen LogP contribution in [0.5, 0.6) is 5.75 Å². The van der Waals surface area contributed by atoms with E-state index < -0.39 is 6.04 Å². The number of carbonyl (C=O) groups is 3. The maximum atomic E-state index is 13.3. The van der Waals surface area contributed by atoms with E-state index in [-0.39, 0.29) is 24.1 Å². The van der Waals surface area contributed by atoms with E-state index in [1.165, 1.54) is 11.8 Å². The van der Waals surface area contributed by atoms with Crippen LogP contribution in [-0.2, 0) is 14.4 Å². The lowest BCUT2D eigenvalue weighted by molar-refractivity contribution is -0.124. The standard InChI is InChI=1S/C23H26N4O4S/c1-15-4-8-18(9-5-15)27-22(30)20(26(23(27)32)13-12-24-16(2)28)14-21(29)25-17-6-10-19(31-3)11-7-17/h4-11,20H,12-14H2,1-3H3,(H,24,28)(H,25,29)/t20-/m0/s1. The van der Waals surface area contributed by atoms with Crippen molar-refractivity contribution in [1.82, 2.24) is 10.2 Å². The van der Waals surface area contributed by atoms with E-state index in [0.29, 0.717) is 35.3 Å². The summed E-state index contributed by atoms with van der Waals surface area (Å²) in [7, 11) is 1.57. The molecule has 2 aromatic rings. The van der Waals surface area contributed by atoms with Crippen molar-refractivity contribution in [3.63, 3.8) is 0 Å². The fourth-order valence-electron chi connectivity index (χ4n) is 3.43. The lowest BCUT2D eigenvalue weighted by Crippen LogP contribution is -2.42. The molecule has 9 heteroatoms. The van der Waals surface area contributed by atoms with Crippen molar-refractivity contribution in [2.45, 2.75) is 26.3 Å². The smallest absolute Gasteiger partial charge is 0.256 e. The summed E-state index contributed by atoms with van der Waals surface area (Å²) in [4.78, 5) is 40.5. The van der Waals surface area contributed by atoms with Crippen LogP contribution in [0.15, 0.2) is 48.5 Å². The second-order valence-electron chi connectivity index (χ2n) is 7.46. The van der Waals surface area contributed by atoms with Crippen molar-refractivity contribution in [3.05, 3.63) is 54.1 Å². The molecule has 1 atom stereocenters. The fourth-order valence-corrected chi connectivity index (χ4v) is 3.85. The summed E-state index contributed by atoms with van der Waals surface area (Å²) in [5.41, 5.74) is 2.31. The summed E-state index contributed by atoms with van der Waals surface area (Å²) in [6.07, 6.45) is -0.0760. The molecule has 0 radical (unpaired) electrons. The van der Waals surface area contributed by atoms with Crippen molar-refractivity contribution in [2.24, 2.45) is 0 Å². The summed E-state index contributed by atoms with van der Waals surface area (Å²) in [5.74, 6) is -0.0824. The van der Waals surface area contributed by atoms with Crippen molar-refractivity contribution >= 4 is 46.4 Å². The van der Waals surface area contributed by atoms with Crippen LogP contribution in [0.25, 0.3) is 0 Å². The Morgan fingerprint density at radius 3 is 2.34 bits per heavy atom. The minimum absolute atomic E-state index is 0.0760. The number of rotatable bonds is 8. The van der Waals surface area contributed by atoms with Crippen molar-refractivity contribution in [3.8, 4) is 5.75 Å². The molecule has 2 aromatic carbocycles. The van der Waals surface area contributed by atoms with E-state index in [0.717, 1.165) is 5.56 Å². The van der Waals surface area contributed by atoms with Gasteiger partial charge in [-0.1, -0.05) is 17.7 Å². The number of methoxy groups -OCH3 is 1. The third kappa shape index (κ3) is 5.42. The number of amides is 3. The first-order chi connectivity index (χ1) is 15.3. The number of aryl methyl sites for hydroxylation is 1. The Balaban J connectivity index is 1.77. The van der Waals surface area contributed by atoms with E-state index in [1.807, 2.05) is 31.2 Å². The van der Waals surface area contributed by atoms with Gasteiger partial charge in [0.2, 0.25) is 11.8 Å². The van der Waals surface area contributed by atoms with Gasteiger partial charge < -0.3 is 20.3 Å². The predicted octanol–water partition coefficient (Wildman–Crippen LogP) is 2.47. The Morgan fingerprint density at radius 2 is 1.75 bits per heavy atom. The molecule has 1 aliphatic rings. The topological polar surface area (TPSA) is 91.0 Å². The van der Waals surface area contributed by atoms with Crippen LogP contribution in [0.4, 0.5) is 11.4 Å². The summed E-state index contributed by atoms with van der Waals surface area (Å²) >= 11 is 5.59. The Kier molecular flexibility index (Phi) is 7.42. The number of thiocarbonyl (C=S) groups is 1. The molecule has 1 heterocycles. The molecule has 0 unspecified atom stereocenters. The predicted molar refractivity (Wildman–Crippen MR) is 127 cm³/mol. The van der Waals surface area contributed by atoms with Gasteiger partial charge in [0, 0.05) is 25.7 Å². The Labute approximate surface area is 192 Å². The highest BCUT2D eigenvalue weighted by atomic mass is 32.1. The number of hydrogen-bond donors (Lipinski definition) is 2. The van der Waals surface area contributed by atoms with Gasteiger partial charge >= 0.3 is 0 Å². The van der Waals surface area contributed by atoms with E-state index in [4.69, 9.17) is 17.0 Å². The largest absolute Gasteiger partial charge is 0.497 e. The monoisotopic (exact) mass is 454 g/mol. The lowest BCUT2D eigenvalue weighted by Gasteiger charge is -2.24. The number of ether oxygens (including phenoxy) is 1. The zero-order chi connectivity index (χ0) is 23.3. The number of carbonyl (C=O) groups excluding carboxylic acids is 3. The number of anilines is 2. The second kappa shape index (κ2) is 10.2. The summed E-state index contributed by atoms with van der Waals surface area (Å²) in [6.45, 7) is 4.00. The first-order valence-corrected chi connectivity index (χ1v) is 10.6. The summed E-state index contributed by atoms with van der Waals surface area (Å²) < 4.78 is 5.12. The Hall–Kier alpha value is -3.46. The Bertz CT molecular complexity index is 1010. The molecular formula is C23H26N4O4S. The fraction of sp³-hybridized carbons (Fsp3) is 0.304. The Morgan fingerprint density at radius 1 is 1.09 bits per heavy atom. The molecular weight excluding hydrogens is 428 g/mol. The highest BCUT2D eigenvalue weighted by molar-refractivity contribution is 7.80. The van der Waals surface area contributed by atoms with Crippen LogP contribution in [0, 0.1) is 6.92 Å². The molecule has 32 heavy (non-hydrogen) atoms. The van der Waals surface area contributed by atoms with Crippen LogP contribution in [0.1, 0.15) is 18.9 Å². The van der Waals surface area contributed by atoms with Crippen LogP contribution >= 0.6 is 12.2 Å². The molecule has 0 saturated carbocycles. The van der Waals surface area contributed by atoms with E-state index >= 15 is 0 Å². The number of benzene rings is 2. The van der Waals surface area contributed by atoms with Gasteiger partial charge in [0.15, 0.2) is 5.11 Å². The minimum atomic E-state index is -0.768. The zero-order valence-electron chi connectivity index (χ0n) is 18.3. The van der Waals surface area contributed by atoms with Crippen LogP contribution in [0.3, 0.4) is 0 Å². The van der Waals surface area contributed by atoms with Gasteiger partial charge in [-0.3, -0.25) is 19.3 Å². The highest BCUT2D eigenvalue weighted by Crippen LogP contribution is 2.27. The first-order valence-electron chi connectivity index (χ1n) is 10.2. The summed E-state index contributed by atoms with van der Waals surface area (Å²) in [6, 6.07) is 13.6. The number of nitrogens with one attached hydrogen (secondary N) is 2. The average Bonchev–Trinajstić information content (AvgIpc) is 2.98. The highest BCUT2D eigenvalue weighted by Gasteiger charge is 2.43. The van der Waals surface area contributed by atoms with E-state index in [2.05, 4.69) is 10.6 Å².